The van der Waals surface area contributed by atoms with E-state index in [1.165, 1.54) is 0 Å². The van der Waals surface area contributed by atoms with E-state index < -0.39 is 0 Å². The van der Waals surface area contributed by atoms with Crippen LogP contribution in [-0.2, 0) is 0 Å². The number of nitrogens with one attached hydrogen (secondary N) is 2. The average molecular weight is 501 g/mol. The van der Waals surface area contributed by atoms with Gasteiger partial charge in [-0.15, -0.1) is 24.8 Å². The molecule has 0 spiro atoms. The lowest BCUT2D eigenvalue weighted by atomic mass is 10.1. The Morgan fingerprint density at radius 1 is 1.18 bits per heavy atom. The van der Waals surface area contributed by atoms with Crippen molar-refractivity contribution in [3.8, 4) is 17.1 Å². The van der Waals surface area contributed by atoms with E-state index in [9.17, 15) is 4.79 Å². The normalized spacial score (nSPS) is 14.9. The number of methoxy groups -OCH3 is 1. The van der Waals surface area contributed by atoms with Crippen molar-refractivity contribution in [2.75, 3.05) is 25.5 Å². The third-order valence-electron chi connectivity index (χ3n) is 5.66. The highest BCUT2D eigenvalue weighted by molar-refractivity contribution is 5.95. The first-order valence-corrected chi connectivity index (χ1v) is 10.5. The van der Waals surface area contributed by atoms with Gasteiger partial charge in [-0.25, -0.2) is 4.98 Å². The maximum atomic E-state index is 12.8. The molecule has 1 fully saturated rings. The Kier molecular flexibility index (Phi) is 7.98. The number of carbonyl (C=O) groups is 1. The van der Waals surface area contributed by atoms with Gasteiger partial charge in [-0.1, -0.05) is 18.2 Å². The van der Waals surface area contributed by atoms with Crippen LogP contribution in [-0.4, -0.2) is 52.0 Å². The number of fused-ring (bicyclic) bond motifs is 1. The number of carbonyl (C=O) groups excluding carboxylic acids is 1. The van der Waals surface area contributed by atoms with Crippen LogP contribution in [0.25, 0.3) is 22.3 Å². The molecule has 0 radical (unpaired) electrons. The second-order valence-corrected chi connectivity index (χ2v) is 7.90. The third kappa shape index (κ3) is 5.09. The van der Waals surface area contributed by atoms with Gasteiger partial charge in [0.25, 0.3) is 5.91 Å². The van der Waals surface area contributed by atoms with Gasteiger partial charge >= 0.3 is 0 Å². The number of aromatic amines is 1. The van der Waals surface area contributed by atoms with Crippen molar-refractivity contribution in [1.82, 2.24) is 19.9 Å². The van der Waals surface area contributed by atoms with E-state index in [0.717, 1.165) is 28.7 Å². The van der Waals surface area contributed by atoms with Crippen LogP contribution < -0.4 is 15.8 Å². The Hall–Kier alpha value is -3.33. The fourth-order valence-corrected chi connectivity index (χ4v) is 3.99. The summed E-state index contributed by atoms with van der Waals surface area (Å²) in [5.74, 6) is 1.09. The molecule has 2 aromatic heterocycles. The molecule has 10 heteroatoms. The SMILES string of the molecule is COc1cc(C(=O)N2CC[C@H](N)C2)ccc1Nc1cncc(-c2cc3ccccc3[nH]2)n1.Cl.Cl. The molecule has 1 amide bonds. The molecule has 8 nitrogen and oxygen atoms in total. The zero-order valence-corrected chi connectivity index (χ0v) is 20.2. The number of hydrogen-bond donors (Lipinski definition) is 3. The van der Waals surface area contributed by atoms with Crippen LogP contribution in [0.15, 0.2) is 60.9 Å². The van der Waals surface area contributed by atoms with E-state index in [1.54, 1.807) is 36.5 Å². The van der Waals surface area contributed by atoms with Crippen LogP contribution >= 0.6 is 24.8 Å². The van der Waals surface area contributed by atoms with Crippen LogP contribution in [0.1, 0.15) is 16.8 Å². The molecule has 2 aromatic carbocycles. The van der Waals surface area contributed by atoms with Crippen LogP contribution in [0.2, 0.25) is 0 Å². The lowest BCUT2D eigenvalue weighted by molar-refractivity contribution is 0.0790. The molecule has 0 saturated carbocycles. The topological polar surface area (TPSA) is 109 Å². The highest BCUT2D eigenvalue weighted by Crippen LogP contribution is 2.30. The zero-order valence-electron chi connectivity index (χ0n) is 18.5. The number of hydrogen-bond acceptors (Lipinski definition) is 6. The highest BCUT2D eigenvalue weighted by Gasteiger charge is 2.25. The predicted octanol–water partition coefficient (Wildman–Crippen LogP) is 4.39. The van der Waals surface area contributed by atoms with E-state index in [2.05, 4.69) is 26.3 Å². The van der Waals surface area contributed by atoms with Crippen LogP contribution in [0.5, 0.6) is 5.75 Å². The van der Waals surface area contributed by atoms with Crippen LogP contribution in [0.3, 0.4) is 0 Å². The molecule has 4 aromatic rings. The van der Waals surface area contributed by atoms with Gasteiger partial charge in [0.15, 0.2) is 0 Å². The fourth-order valence-electron chi connectivity index (χ4n) is 3.99. The van der Waals surface area contributed by atoms with Gasteiger partial charge in [0.1, 0.15) is 17.3 Å². The van der Waals surface area contributed by atoms with Crippen molar-refractivity contribution in [2.24, 2.45) is 5.73 Å². The molecular formula is C24H26Cl2N6O2. The Balaban J connectivity index is 0.00000162. The van der Waals surface area contributed by atoms with E-state index in [-0.39, 0.29) is 36.8 Å². The number of ether oxygens (including phenoxy) is 1. The van der Waals surface area contributed by atoms with Crippen LogP contribution in [0.4, 0.5) is 11.5 Å². The first kappa shape index (κ1) is 25.3. The highest BCUT2D eigenvalue weighted by atomic mass is 35.5. The molecule has 1 atom stereocenters. The quantitative estimate of drug-likeness (QED) is 0.374. The van der Waals surface area contributed by atoms with Crippen LogP contribution in [0, 0.1) is 0 Å². The fraction of sp³-hybridized carbons (Fsp3) is 0.208. The van der Waals surface area contributed by atoms with Crippen molar-refractivity contribution in [2.45, 2.75) is 12.5 Å². The number of H-pyrrole nitrogens is 1. The molecule has 178 valence electrons. The number of benzene rings is 2. The molecule has 5 rings (SSSR count). The molecular weight excluding hydrogens is 475 g/mol. The summed E-state index contributed by atoms with van der Waals surface area (Å²) in [4.78, 5) is 26.9. The van der Waals surface area contributed by atoms with Gasteiger partial charge in [-0.2, -0.15) is 0 Å². The lowest BCUT2D eigenvalue weighted by Crippen LogP contribution is -2.31. The Bertz CT molecular complexity index is 1260. The van der Waals surface area contributed by atoms with E-state index in [0.29, 0.717) is 35.9 Å². The van der Waals surface area contributed by atoms with Gasteiger partial charge < -0.3 is 25.7 Å². The average Bonchev–Trinajstić information content (AvgIpc) is 3.45. The second-order valence-electron chi connectivity index (χ2n) is 7.90. The molecule has 1 aliphatic rings. The summed E-state index contributed by atoms with van der Waals surface area (Å²) in [6.07, 6.45) is 4.19. The Morgan fingerprint density at radius 3 is 2.74 bits per heavy atom. The Morgan fingerprint density at radius 2 is 2.00 bits per heavy atom. The monoisotopic (exact) mass is 500 g/mol. The molecule has 34 heavy (non-hydrogen) atoms. The molecule has 0 bridgehead atoms. The van der Waals surface area contributed by atoms with Crippen molar-refractivity contribution in [1.29, 1.82) is 0 Å². The number of nitrogens with zero attached hydrogens (tertiary/aromatic N) is 3. The summed E-state index contributed by atoms with van der Waals surface area (Å²) in [7, 11) is 1.58. The molecule has 4 N–H and O–H groups in total. The summed E-state index contributed by atoms with van der Waals surface area (Å²) < 4.78 is 5.53. The second kappa shape index (κ2) is 10.7. The van der Waals surface area contributed by atoms with Gasteiger partial charge in [0.2, 0.25) is 0 Å². The third-order valence-corrected chi connectivity index (χ3v) is 5.66. The first-order chi connectivity index (χ1) is 15.6. The number of anilines is 2. The number of rotatable bonds is 5. The lowest BCUT2D eigenvalue weighted by Gasteiger charge is -2.17. The zero-order chi connectivity index (χ0) is 22.1. The predicted molar refractivity (Wildman–Crippen MR) is 139 cm³/mol. The molecule has 0 unspecified atom stereocenters. The number of amides is 1. The molecule has 1 aliphatic heterocycles. The van der Waals surface area contributed by atoms with Gasteiger partial charge in [0, 0.05) is 35.6 Å². The summed E-state index contributed by atoms with van der Waals surface area (Å²) in [6, 6.07) is 15.5. The number of para-hydroxylation sites is 1. The van der Waals surface area contributed by atoms with E-state index in [1.807, 2.05) is 30.3 Å². The summed E-state index contributed by atoms with van der Waals surface area (Å²) in [5.41, 5.74) is 9.87. The molecule has 0 aliphatic carbocycles. The standard InChI is InChI=1S/C24H24N6O2.2ClH/c1-32-22-11-16(24(31)30-9-8-17(25)14-30)6-7-19(22)28-23-13-26-12-21(29-23)20-10-15-4-2-3-5-18(15)27-20;;/h2-7,10-13,17,27H,8-9,14,25H2,1H3,(H,28,29);2*1H/t17-;;/m0../s1. The van der Waals surface area contributed by atoms with E-state index >= 15 is 0 Å². The van der Waals surface area contributed by atoms with Crippen molar-refractivity contribution >= 4 is 53.1 Å². The van der Waals surface area contributed by atoms with Gasteiger partial charge in [0.05, 0.1) is 30.9 Å². The smallest absolute Gasteiger partial charge is 0.254 e. The van der Waals surface area contributed by atoms with Crippen molar-refractivity contribution in [3.63, 3.8) is 0 Å². The number of likely N-dealkylation sites (tertiary alicyclic amines) is 1. The number of aromatic nitrogens is 3. The molecule has 1 saturated heterocycles. The summed E-state index contributed by atoms with van der Waals surface area (Å²) >= 11 is 0. The minimum Gasteiger partial charge on any atom is -0.495 e. The summed E-state index contributed by atoms with van der Waals surface area (Å²) in [6.45, 7) is 1.26. The first-order valence-electron chi connectivity index (χ1n) is 10.5. The van der Waals surface area contributed by atoms with E-state index in [4.69, 9.17) is 10.5 Å². The Labute approximate surface area is 209 Å². The molecule has 3 heterocycles. The number of nitrogens with two attached hydrogens (primary N) is 1. The maximum absolute atomic E-state index is 12.8. The van der Waals surface area contributed by atoms with Crippen molar-refractivity contribution in [3.05, 3.63) is 66.5 Å². The number of halogens is 2. The minimum atomic E-state index is -0.0385. The maximum Gasteiger partial charge on any atom is 0.254 e. The van der Waals surface area contributed by atoms with Crippen molar-refractivity contribution < 1.29 is 9.53 Å². The minimum absolute atomic E-state index is 0. The van der Waals surface area contributed by atoms with Gasteiger partial charge in [-0.3, -0.25) is 9.78 Å². The summed E-state index contributed by atoms with van der Waals surface area (Å²) in [5, 5.41) is 4.37. The largest absolute Gasteiger partial charge is 0.495 e. The van der Waals surface area contributed by atoms with Gasteiger partial charge in [-0.05, 0) is 36.8 Å².